The number of hydrogen-bond donors (Lipinski definition) is 0. The normalized spacial score (nSPS) is 11.7. The number of hydrogen-bond acceptors (Lipinski definition) is 1. The Morgan fingerprint density at radius 3 is 1.71 bits per heavy atom. The van der Waals surface area contributed by atoms with E-state index < -0.39 is 0 Å². The average Bonchev–Trinajstić information content (AvgIpc) is 3.54. The third kappa shape index (κ3) is 3.07. The van der Waals surface area contributed by atoms with Crippen LogP contribution in [0.4, 0.5) is 0 Å². The van der Waals surface area contributed by atoms with Gasteiger partial charge in [0.15, 0.2) is 0 Å². The Balaban J connectivity index is 1.38. The number of fused-ring (bicyclic) bond motifs is 6. The van der Waals surface area contributed by atoms with E-state index in [4.69, 9.17) is 4.42 Å². The number of rotatable bonds is 3. The van der Waals surface area contributed by atoms with Crippen LogP contribution in [0.1, 0.15) is 0 Å². The fraction of sp³-hybridized carbons (Fsp3) is 0. The summed E-state index contributed by atoms with van der Waals surface area (Å²) < 4.78 is 9.04. The monoisotopic (exact) mass is 485 g/mol. The molecule has 2 nitrogen and oxygen atoms in total. The first kappa shape index (κ1) is 21.0. The first-order valence-electron chi connectivity index (χ1n) is 13.0. The molecule has 38 heavy (non-hydrogen) atoms. The molecular formula is C36H23NO. The van der Waals surface area contributed by atoms with Gasteiger partial charge in [-0.1, -0.05) is 109 Å². The Morgan fingerprint density at radius 1 is 0.395 bits per heavy atom. The van der Waals surface area contributed by atoms with Gasteiger partial charge >= 0.3 is 0 Å². The predicted molar refractivity (Wildman–Crippen MR) is 159 cm³/mol. The largest absolute Gasteiger partial charge is 0.455 e. The van der Waals surface area contributed by atoms with Crippen molar-refractivity contribution >= 4 is 43.7 Å². The summed E-state index contributed by atoms with van der Waals surface area (Å²) >= 11 is 0. The molecule has 0 aliphatic rings. The Labute approximate surface area is 220 Å². The highest BCUT2D eigenvalue weighted by atomic mass is 16.3. The molecule has 2 aromatic heterocycles. The lowest BCUT2D eigenvalue weighted by Gasteiger charge is -2.08. The first-order chi connectivity index (χ1) is 18.9. The van der Waals surface area contributed by atoms with Gasteiger partial charge in [-0.3, -0.25) is 0 Å². The molecule has 2 heteroatoms. The van der Waals surface area contributed by atoms with E-state index in [0.717, 1.165) is 44.2 Å². The summed E-state index contributed by atoms with van der Waals surface area (Å²) in [5, 5.41) is 4.77. The van der Waals surface area contributed by atoms with Crippen LogP contribution in [0.2, 0.25) is 0 Å². The number of nitrogens with zero attached hydrogens (tertiary/aromatic N) is 1. The summed E-state index contributed by atoms with van der Waals surface area (Å²) in [6.07, 6.45) is 0. The van der Waals surface area contributed by atoms with Gasteiger partial charge in [-0.05, 0) is 41.5 Å². The minimum Gasteiger partial charge on any atom is -0.455 e. The molecule has 0 unspecified atom stereocenters. The number of furan rings is 1. The van der Waals surface area contributed by atoms with Crippen molar-refractivity contribution in [2.24, 2.45) is 0 Å². The van der Waals surface area contributed by atoms with E-state index in [1.54, 1.807) is 0 Å². The van der Waals surface area contributed by atoms with Crippen molar-refractivity contribution in [3.8, 4) is 27.9 Å². The Hall–Kier alpha value is -5.08. The standard InChI is InChI=1S/C36H23NO/c1-3-11-24(12-4-1)27-16-9-18-30-31-19-10-17-28(36(31)38-35(27)30)25-21-22-34-32(23-25)29-15-7-8-20-33(29)37(34)26-13-5-2-6-14-26/h1-23H. The van der Waals surface area contributed by atoms with Gasteiger partial charge in [-0.25, -0.2) is 0 Å². The predicted octanol–water partition coefficient (Wildman–Crippen LogP) is 10.0. The molecule has 0 aliphatic carbocycles. The summed E-state index contributed by atoms with van der Waals surface area (Å²) in [4.78, 5) is 0. The Bertz CT molecular complexity index is 2110. The third-order valence-electron chi connectivity index (χ3n) is 7.61. The van der Waals surface area contributed by atoms with Crippen molar-refractivity contribution in [2.75, 3.05) is 0 Å². The van der Waals surface area contributed by atoms with Crippen LogP contribution in [-0.2, 0) is 0 Å². The Kier molecular flexibility index (Phi) is 4.55. The van der Waals surface area contributed by atoms with Gasteiger partial charge < -0.3 is 8.98 Å². The molecule has 0 saturated heterocycles. The summed E-state index contributed by atoms with van der Waals surface area (Å²) in [6.45, 7) is 0. The minimum atomic E-state index is 0.928. The molecule has 2 heterocycles. The van der Waals surface area contributed by atoms with Crippen molar-refractivity contribution in [1.82, 2.24) is 4.57 Å². The summed E-state index contributed by atoms with van der Waals surface area (Å²) in [6, 6.07) is 49.4. The van der Waals surface area contributed by atoms with Gasteiger partial charge in [0.2, 0.25) is 0 Å². The smallest absolute Gasteiger partial charge is 0.143 e. The van der Waals surface area contributed by atoms with Crippen molar-refractivity contribution in [3.05, 3.63) is 140 Å². The first-order valence-corrected chi connectivity index (χ1v) is 13.0. The van der Waals surface area contributed by atoms with E-state index in [1.807, 2.05) is 6.07 Å². The lowest BCUT2D eigenvalue weighted by Crippen LogP contribution is -1.92. The van der Waals surface area contributed by atoms with Crippen molar-refractivity contribution in [2.45, 2.75) is 0 Å². The molecule has 0 radical (unpaired) electrons. The summed E-state index contributed by atoms with van der Waals surface area (Å²) in [5.74, 6) is 0. The lowest BCUT2D eigenvalue weighted by atomic mass is 9.99. The van der Waals surface area contributed by atoms with E-state index >= 15 is 0 Å². The van der Waals surface area contributed by atoms with Gasteiger partial charge in [-0.15, -0.1) is 0 Å². The molecule has 0 aliphatic heterocycles. The molecule has 0 amide bonds. The molecule has 0 atom stereocenters. The third-order valence-corrected chi connectivity index (χ3v) is 7.61. The van der Waals surface area contributed by atoms with Gasteiger partial charge in [0, 0.05) is 38.4 Å². The molecule has 0 fully saturated rings. The fourth-order valence-corrected chi connectivity index (χ4v) is 5.89. The second-order valence-electron chi connectivity index (χ2n) is 9.75. The van der Waals surface area contributed by atoms with Crippen molar-refractivity contribution < 1.29 is 4.42 Å². The molecule has 0 saturated carbocycles. The van der Waals surface area contributed by atoms with Crippen molar-refractivity contribution in [3.63, 3.8) is 0 Å². The maximum Gasteiger partial charge on any atom is 0.143 e. The van der Waals surface area contributed by atoms with Crippen LogP contribution < -0.4 is 0 Å². The van der Waals surface area contributed by atoms with Crippen molar-refractivity contribution in [1.29, 1.82) is 0 Å². The second-order valence-corrected chi connectivity index (χ2v) is 9.75. The molecule has 8 aromatic rings. The second kappa shape index (κ2) is 8.22. The summed E-state index contributed by atoms with van der Waals surface area (Å²) in [5.41, 5.74) is 9.97. The van der Waals surface area contributed by atoms with Crippen LogP contribution in [-0.4, -0.2) is 4.57 Å². The average molecular weight is 486 g/mol. The van der Waals surface area contributed by atoms with Crippen LogP contribution >= 0.6 is 0 Å². The zero-order valence-corrected chi connectivity index (χ0v) is 20.6. The molecule has 0 spiro atoms. The molecule has 0 N–H and O–H groups in total. The zero-order valence-electron chi connectivity index (χ0n) is 20.6. The number of para-hydroxylation sites is 4. The highest BCUT2D eigenvalue weighted by Crippen LogP contribution is 2.41. The SMILES string of the molecule is c1ccc(-c2cccc3c2oc2c(-c4ccc5c(c4)c4ccccc4n5-c4ccccc4)cccc23)cc1. The van der Waals surface area contributed by atoms with Gasteiger partial charge in [-0.2, -0.15) is 0 Å². The topological polar surface area (TPSA) is 18.1 Å². The number of aromatic nitrogens is 1. The maximum atomic E-state index is 6.69. The van der Waals surface area contributed by atoms with Gasteiger partial charge in [0.1, 0.15) is 11.2 Å². The van der Waals surface area contributed by atoms with Crippen LogP contribution in [0.5, 0.6) is 0 Å². The molecule has 8 rings (SSSR count). The van der Waals surface area contributed by atoms with E-state index in [9.17, 15) is 0 Å². The van der Waals surface area contributed by atoms with Crippen LogP contribution in [0, 0.1) is 0 Å². The number of benzene rings is 6. The zero-order chi connectivity index (χ0) is 25.1. The molecule has 178 valence electrons. The van der Waals surface area contributed by atoms with Crippen LogP contribution in [0.3, 0.4) is 0 Å². The maximum absolute atomic E-state index is 6.69. The van der Waals surface area contributed by atoms with E-state index in [2.05, 4.69) is 138 Å². The molecule has 6 aromatic carbocycles. The minimum absolute atomic E-state index is 0.928. The van der Waals surface area contributed by atoms with Gasteiger partial charge in [0.05, 0.1) is 11.0 Å². The Morgan fingerprint density at radius 2 is 0.974 bits per heavy atom. The fourth-order valence-electron chi connectivity index (χ4n) is 5.89. The van der Waals surface area contributed by atoms with E-state index in [1.165, 1.54) is 27.5 Å². The lowest BCUT2D eigenvalue weighted by molar-refractivity contribution is 0.671. The summed E-state index contributed by atoms with van der Waals surface area (Å²) in [7, 11) is 0. The highest BCUT2D eigenvalue weighted by Gasteiger charge is 2.17. The van der Waals surface area contributed by atoms with Crippen LogP contribution in [0.25, 0.3) is 71.7 Å². The molecule has 0 bridgehead atoms. The van der Waals surface area contributed by atoms with E-state index in [-0.39, 0.29) is 0 Å². The molecular weight excluding hydrogens is 462 g/mol. The highest BCUT2D eigenvalue weighted by molar-refractivity contribution is 6.15. The van der Waals surface area contributed by atoms with Crippen LogP contribution in [0.15, 0.2) is 144 Å². The van der Waals surface area contributed by atoms with E-state index in [0.29, 0.717) is 0 Å². The quantitative estimate of drug-likeness (QED) is 0.243. The van der Waals surface area contributed by atoms with Gasteiger partial charge in [0.25, 0.3) is 0 Å².